The Morgan fingerprint density at radius 3 is 2.26 bits per heavy atom. The van der Waals surface area contributed by atoms with Crippen molar-refractivity contribution in [1.29, 1.82) is 0 Å². The number of allylic oxidation sites excluding steroid dienone is 1. The number of hydrogen-bond donors (Lipinski definition) is 2. The number of hydrogen-bond acceptors (Lipinski definition) is 5. The first-order valence-electron chi connectivity index (χ1n) is 11.9. The van der Waals surface area contributed by atoms with E-state index < -0.39 is 11.9 Å². The van der Waals surface area contributed by atoms with Gasteiger partial charge in [0.05, 0.1) is 13.7 Å². The zero-order valence-corrected chi connectivity index (χ0v) is 20.2. The lowest BCUT2D eigenvalue weighted by atomic mass is 9.95. The molecule has 2 aromatic rings. The second kappa shape index (κ2) is 15.3. The van der Waals surface area contributed by atoms with Crippen LogP contribution in [0, 0.1) is 0 Å². The first kappa shape index (κ1) is 27.6. The maximum Gasteiger partial charge on any atom is 0.303 e. The molecule has 0 aliphatic heterocycles. The molecule has 0 atom stereocenters. The highest BCUT2D eigenvalue weighted by atomic mass is 16.5. The second-order valence-electron chi connectivity index (χ2n) is 8.22. The van der Waals surface area contributed by atoms with E-state index in [0.717, 1.165) is 30.6 Å². The van der Waals surface area contributed by atoms with Crippen LogP contribution in [0.5, 0.6) is 11.5 Å². The third kappa shape index (κ3) is 10.5. The third-order valence-electron chi connectivity index (χ3n) is 5.52. The number of benzene rings is 2. The van der Waals surface area contributed by atoms with Crippen molar-refractivity contribution in [2.75, 3.05) is 13.7 Å². The fourth-order valence-corrected chi connectivity index (χ4v) is 3.63. The van der Waals surface area contributed by atoms with Gasteiger partial charge < -0.3 is 19.7 Å². The van der Waals surface area contributed by atoms with E-state index in [1.165, 1.54) is 0 Å². The molecule has 0 fully saturated rings. The Hall–Kier alpha value is -3.61. The first-order chi connectivity index (χ1) is 16.9. The highest BCUT2D eigenvalue weighted by molar-refractivity contribution is 5.98. The summed E-state index contributed by atoms with van der Waals surface area (Å²) in [4.78, 5) is 34.6. The normalized spacial score (nSPS) is 10.9. The summed E-state index contributed by atoms with van der Waals surface area (Å²) in [5, 5.41) is 17.9. The number of rotatable bonds is 17. The molecule has 0 amide bonds. The minimum Gasteiger partial charge on any atom is -0.497 e. The summed E-state index contributed by atoms with van der Waals surface area (Å²) in [7, 11) is 1.64. The SMILES string of the molecule is COc1ccc(/C=C/CCCCOc2cccc(C(=O)CCCCC(=O)O)c2CCC(=O)O)cc1. The topological polar surface area (TPSA) is 110 Å². The highest BCUT2D eigenvalue weighted by Gasteiger charge is 2.17. The van der Waals surface area contributed by atoms with Gasteiger partial charge in [0.15, 0.2) is 5.78 Å². The van der Waals surface area contributed by atoms with Crippen molar-refractivity contribution in [1.82, 2.24) is 0 Å². The predicted octanol–water partition coefficient (Wildman–Crippen LogP) is 5.80. The van der Waals surface area contributed by atoms with Gasteiger partial charge in [-0.2, -0.15) is 0 Å². The Kier molecular flexibility index (Phi) is 12.1. The van der Waals surface area contributed by atoms with Gasteiger partial charge in [-0.1, -0.05) is 36.4 Å². The molecule has 35 heavy (non-hydrogen) atoms. The van der Waals surface area contributed by atoms with Crippen LogP contribution in [0.3, 0.4) is 0 Å². The lowest BCUT2D eigenvalue weighted by Crippen LogP contribution is -2.10. The van der Waals surface area contributed by atoms with E-state index in [1.54, 1.807) is 25.3 Å². The zero-order chi connectivity index (χ0) is 25.5. The largest absolute Gasteiger partial charge is 0.497 e. The van der Waals surface area contributed by atoms with Crippen LogP contribution in [-0.4, -0.2) is 41.7 Å². The van der Waals surface area contributed by atoms with E-state index in [-0.39, 0.29) is 31.5 Å². The number of ketones is 1. The molecule has 0 unspecified atom stereocenters. The third-order valence-corrected chi connectivity index (χ3v) is 5.52. The lowest BCUT2D eigenvalue weighted by molar-refractivity contribution is -0.138. The Balaban J connectivity index is 1.88. The van der Waals surface area contributed by atoms with Crippen LogP contribution in [0.2, 0.25) is 0 Å². The zero-order valence-electron chi connectivity index (χ0n) is 20.2. The van der Waals surface area contributed by atoms with E-state index in [2.05, 4.69) is 12.2 Å². The number of methoxy groups -OCH3 is 1. The molecule has 0 bridgehead atoms. The summed E-state index contributed by atoms with van der Waals surface area (Å²) < 4.78 is 11.1. The summed E-state index contributed by atoms with van der Waals surface area (Å²) >= 11 is 0. The molecule has 2 aromatic carbocycles. The van der Waals surface area contributed by atoms with Crippen LogP contribution in [-0.2, 0) is 16.0 Å². The predicted molar refractivity (Wildman–Crippen MR) is 134 cm³/mol. The monoisotopic (exact) mass is 482 g/mol. The van der Waals surface area contributed by atoms with Gasteiger partial charge in [0.25, 0.3) is 0 Å². The summed E-state index contributed by atoms with van der Waals surface area (Å²) in [5.41, 5.74) is 2.17. The van der Waals surface area contributed by atoms with Gasteiger partial charge in [0.1, 0.15) is 11.5 Å². The maximum atomic E-state index is 12.7. The molecule has 0 spiro atoms. The van der Waals surface area contributed by atoms with Gasteiger partial charge in [-0.3, -0.25) is 14.4 Å². The molecule has 0 aromatic heterocycles. The molecule has 0 saturated heterocycles. The maximum absolute atomic E-state index is 12.7. The van der Waals surface area contributed by atoms with Gasteiger partial charge in [-0.05, 0) is 62.3 Å². The Morgan fingerprint density at radius 2 is 1.57 bits per heavy atom. The van der Waals surface area contributed by atoms with Gasteiger partial charge in [0.2, 0.25) is 0 Å². The summed E-state index contributed by atoms with van der Waals surface area (Å²) in [6, 6.07) is 13.0. The van der Waals surface area contributed by atoms with E-state index in [9.17, 15) is 14.4 Å². The summed E-state index contributed by atoms with van der Waals surface area (Å²) in [6.45, 7) is 0.465. The molecule has 2 N–H and O–H groups in total. The van der Waals surface area contributed by atoms with E-state index >= 15 is 0 Å². The van der Waals surface area contributed by atoms with Crippen molar-refractivity contribution in [3.05, 3.63) is 65.2 Å². The van der Waals surface area contributed by atoms with Crippen LogP contribution in [0.15, 0.2) is 48.5 Å². The molecule has 2 rings (SSSR count). The number of carboxylic acids is 2. The van der Waals surface area contributed by atoms with E-state index in [1.807, 2.05) is 24.3 Å². The average Bonchev–Trinajstić information content (AvgIpc) is 2.85. The van der Waals surface area contributed by atoms with Crippen LogP contribution in [0.25, 0.3) is 6.08 Å². The van der Waals surface area contributed by atoms with Crippen molar-refractivity contribution in [3.8, 4) is 11.5 Å². The molecule has 0 aliphatic rings. The number of Topliss-reactive ketones (excluding diaryl/α,β-unsaturated/α-hetero) is 1. The number of carboxylic acid groups (broad SMARTS) is 2. The number of carbonyl (C=O) groups is 3. The molecule has 188 valence electrons. The number of carbonyl (C=O) groups excluding carboxylic acids is 1. The van der Waals surface area contributed by atoms with Crippen LogP contribution >= 0.6 is 0 Å². The highest BCUT2D eigenvalue weighted by Crippen LogP contribution is 2.26. The van der Waals surface area contributed by atoms with Crippen molar-refractivity contribution < 1.29 is 34.1 Å². The molecule has 0 heterocycles. The molecular weight excluding hydrogens is 448 g/mol. The van der Waals surface area contributed by atoms with Gasteiger partial charge in [0, 0.05) is 30.4 Å². The first-order valence-corrected chi connectivity index (χ1v) is 11.9. The number of aliphatic carboxylic acids is 2. The smallest absolute Gasteiger partial charge is 0.303 e. The standard InChI is InChI=1S/C28H34O7/c1-34-22-16-14-21(15-17-22)9-4-2-3-7-20-35-26-12-8-10-23(24(26)18-19-28(32)33)25(29)11-5-6-13-27(30)31/h4,8-10,12,14-17H,2-3,5-7,11,13,18-20H2,1H3,(H,30,31)(H,32,33)/b9-4+. The average molecular weight is 483 g/mol. The molecule has 0 radical (unpaired) electrons. The second-order valence-corrected chi connectivity index (χ2v) is 8.22. The Bertz CT molecular complexity index is 993. The van der Waals surface area contributed by atoms with Gasteiger partial charge in [-0.25, -0.2) is 0 Å². The van der Waals surface area contributed by atoms with Crippen LogP contribution in [0.4, 0.5) is 0 Å². The molecule has 0 aliphatic carbocycles. The fourth-order valence-electron chi connectivity index (χ4n) is 3.63. The molecule has 7 heteroatoms. The minimum atomic E-state index is -0.941. The van der Waals surface area contributed by atoms with Crippen molar-refractivity contribution in [2.45, 2.75) is 57.8 Å². The summed E-state index contributed by atoms with van der Waals surface area (Å²) in [5.74, 6) is -0.582. The fraction of sp³-hybridized carbons (Fsp3) is 0.393. The molecular formula is C28H34O7. The van der Waals surface area contributed by atoms with Crippen molar-refractivity contribution in [2.24, 2.45) is 0 Å². The van der Waals surface area contributed by atoms with Crippen molar-refractivity contribution >= 4 is 23.8 Å². The van der Waals surface area contributed by atoms with Gasteiger partial charge in [-0.15, -0.1) is 0 Å². The summed E-state index contributed by atoms with van der Waals surface area (Å²) in [6.07, 6.45) is 8.07. The van der Waals surface area contributed by atoms with Gasteiger partial charge >= 0.3 is 11.9 Å². The quantitative estimate of drug-likeness (QED) is 0.216. The van der Waals surface area contributed by atoms with E-state index in [0.29, 0.717) is 36.3 Å². The molecule has 0 saturated carbocycles. The lowest BCUT2D eigenvalue weighted by Gasteiger charge is -2.15. The number of ether oxygens (including phenoxy) is 2. The minimum absolute atomic E-state index is 0.0254. The molecule has 7 nitrogen and oxygen atoms in total. The van der Waals surface area contributed by atoms with Crippen molar-refractivity contribution in [3.63, 3.8) is 0 Å². The van der Waals surface area contributed by atoms with Crippen LogP contribution < -0.4 is 9.47 Å². The van der Waals surface area contributed by atoms with Crippen LogP contribution in [0.1, 0.15) is 72.9 Å². The van der Waals surface area contributed by atoms with E-state index in [4.69, 9.17) is 19.7 Å². The Morgan fingerprint density at radius 1 is 0.857 bits per heavy atom. The Labute approximate surface area is 206 Å². The number of unbranched alkanes of at least 4 members (excludes halogenated alkanes) is 3.